The highest BCUT2D eigenvalue weighted by molar-refractivity contribution is 5.56. The first-order valence-corrected chi connectivity index (χ1v) is 6.88. The topological polar surface area (TPSA) is 49.8 Å². The van der Waals surface area contributed by atoms with Gasteiger partial charge in [-0.2, -0.15) is 0 Å². The lowest BCUT2D eigenvalue weighted by Crippen LogP contribution is -2.18. The lowest BCUT2D eigenvalue weighted by atomic mass is 9.98. The summed E-state index contributed by atoms with van der Waals surface area (Å²) in [4.78, 5) is 8.89. The molecule has 2 unspecified atom stereocenters. The van der Waals surface area contributed by atoms with Gasteiger partial charge in [-0.15, -0.1) is 0 Å². The van der Waals surface area contributed by atoms with E-state index in [2.05, 4.69) is 34.4 Å². The molecule has 0 saturated heterocycles. The summed E-state index contributed by atoms with van der Waals surface area (Å²) in [7, 11) is 1.90. The Kier molecular flexibility index (Phi) is 4.04. The highest BCUT2D eigenvalue weighted by Crippen LogP contribution is 2.31. The van der Waals surface area contributed by atoms with Crippen LogP contribution in [0.15, 0.2) is 0 Å². The Bertz CT molecular complexity index is 417. The first kappa shape index (κ1) is 13.1. The van der Waals surface area contributed by atoms with Gasteiger partial charge in [-0.3, -0.25) is 0 Å². The maximum atomic E-state index is 4.51. The summed E-state index contributed by atoms with van der Waals surface area (Å²) in [5, 5.41) is 6.63. The number of nitrogens with one attached hydrogen (secondary N) is 2. The third-order valence-corrected chi connectivity index (χ3v) is 4.07. The van der Waals surface area contributed by atoms with Crippen LogP contribution in [0.5, 0.6) is 0 Å². The summed E-state index contributed by atoms with van der Waals surface area (Å²) in [6.07, 6.45) is 4.09. The maximum absolute atomic E-state index is 4.51. The van der Waals surface area contributed by atoms with E-state index in [1.807, 2.05) is 14.0 Å². The third-order valence-electron chi connectivity index (χ3n) is 4.07. The van der Waals surface area contributed by atoms with Crippen molar-refractivity contribution < 1.29 is 0 Å². The van der Waals surface area contributed by atoms with Crippen molar-refractivity contribution >= 4 is 11.6 Å². The molecule has 0 bridgehead atoms. The lowest BCUT2D eigenvalue weighted by molar-refractivity contribution is 0.439. The van der Waals surface area contributed by atoms with Crippen LogP contribution in [-0.2, 0) is 0 Å². The van der Waals surface area contributed by atoms with Crippen LogP contribution in [-0.4, -0.2) is 23.6 Å². The average Bonchev–Trinajstić information content (AvgIpc) is 2.75. The molecule has 4 nitrogen and oxygen atoms in total. The van der Waals surface area contributed by atoms with Gasteiger partial charge in [0.1, 0.15) is 17.5 Å². The molecule has 2 N–H and O–H groups in total. The largest absolute Gasteiger partial charge is 0.373 e. The van der Waals surface area contributed by atoms with Crippen molar-refractivity contribution in [2.75, 3.05) is 24.2 Å². The van der Waals surface area contributed by atoms with Gasteiger partial charge < -0.3 is 10.6 Å². The second-order valence-electron chi connectivity index (χ2n) is 5.39. The Balaban J connectivity index is 2.06. The summed E-state index contributed by atoms with van der Waals surface area (Å²) in [5.74, 6) is 4.34. The van der Waals surface area contributed by atoms with Gasteiger partial charge in [0, 0.05) is 19.2 Å². The molecule has 100 valence electrons. The zero-order chi connectivity index (χ0) is 13.1. The second-order valence-corrected chi connectivity index (χ2v) is 5.39. The minimum absolute atomic E-state index is 0.790. The SMILES string of the molecule is CNc1nc(C)nc(NCC2CCCC2C)c1C. The summed E-state index contributed by atoms with van der Waals surface area (Å²) >= 11 is 0. The van der Waals surface area contributed by atoms with Crippen LogP contribution in [0.3, 0.4) is 0 Å². The van der Waals surface area contributed by atoms with Crippen molar-refractivity contribution in [1.29, 1.82) is 0 Å². The summed E-state index contributed by atoms with van der Waals surface area (Å²) in [5.41, 5.74) is 1.11. The predicted octanol–water partition coefficient (Wildman–Crippen LogP) is 2.98. The van der Waals surface area contributed by atoms with Crippen LogP contribution in [0.2, 0.25) is 0 Å². The minimum atomic E-state index is 0.790. The monoisotopic (exact) mass is 248 g/mol. The molecule has 1 aromatic rings. The van der Waals surface area contributed by atoms with E-state index in [-0.39, 0.29) is 0 Å². The summed E-state index contributed by atoms with van der Waals surface area (Å²) < 4.78 is 0. The Hall–Kier alpha value is -1.32. The van der Waals surface area contributed by atoms with E-state index in [9.17, 15) is 0 Å². The van der Waals surface area contributed by atoms with Crippen LogP contribution in [0.1, 0.15) is 37.6 Å². The van der Waals surface area contributed by atoms with Crippen LogP contribution in [0.4, 0.5) is 11.6 Å². The Labute approximate surface area is 110 Å². The summed E-state index contributed by atoms with van der Waals surface area (Å²) in [6.45, 7) is 7.38. The van der Waals surface area contributed by atoms with Gasteiger partial charge in [-0.25, -0.2) is 9.97 Å². The van der Waals surface area contributed by atoms with Gasteiger partial charge in [-0.1, -0.05) is 19.8 Å². The molecule has 18 heavy (non-hydrogen) atoms. The van der Waals surface area contributed by atoms with Gasteiger partial charge in [0.05, 0.1) is 0 Å². The predicted molar refractivity (Wildman–Crippen MR) is 76.0 cm³/mol. The summed E-state index contributed by atoms with van der Waals surface area (Å²) in [6, 6.07) is 0. The van der Waals surface area contributed by atoms with E-state index in [4.69, 9.17) is 0 Å². The maximum Gasteiger partial charge on any atom is 0.134 e. The number of hydrogen-bond acceptors (Lipinski definition) is 4. The number of anilines is 2. The van der Waals surface area contributed by atoms with Crippen LogP contribution >= 0.6 is 0 Å². The molecule has 0 amide bonds. The van der Waals surface area contributed by atoms with Crippen molar-refractivity contribution in [2.45, 2.75) is 40.0 Å². The van der Waals surface area contributed by atoms with Gasteiger partial charge in [0.2, 0.25) is 0 Å². The normalized spacial score (nSPS) is 23.1. The van der Waals surface area contributed by atoms with E-state index in [1.54, 1.807) is 0 Å². The molecule has 2 atom stereocenters. The fraction of sp³-hybridized carbons (Fsp3) is 0.714. The van der Waals surface area contributed by atoms with Crippen LogP contribution in [0.25, 0.3) is 0 Å². The van der Waals surface area contributed by atoms with Gasteiger partial charge in [0.25, 0.3) is 0 Å². The molecule has 1 heterocycles. The molecule has 1 aliphatic carbocycles. The van der Waals surface area contributed by atoms with Crippen molar-refractivity contribution in [3.8, 4) is 0 Å². The molecule has 4 heteroatoms. The molecule has 1 saturated carbocycles. The number of aryl methyl sites for hydroxylation is 1. The molecule has 0 aromatic carbocycles. The van der Waals surface area contributed by atoms with Crippen molar-refractivity contribution in [1.82, 2.24) is 9.97 Å². The first-order valence-electron chi connectivity index (χ1n) is 6.88. The molecule has 1 aromatic heterocycles. The average molecular weight is 248 g/mol. The smallest absolute Gasteiger partial charge is 0.134 e. The molecule has 1 aliphatic rings. The minimum Gasteiger partial charge on any atom is -0.373 e. The first-order chi connectivity index (χ1) is 8.61. The number of nitrogens with zero attached hydrogens (tertiary/aromatic N) is 2. The molecular weight excluding hydrogens is 224 g/mol. The molecule has 0 radical (unpaired) electrons. The van der Waals surface area contributed by atoms with Gasteiger partial charge in [-0.05, 0) is 32.1 Å². The number of hydrogen-bond donors (Lipinski definition) is 2. The van der Waals surface area contributed by atoms with E-state index in [1.165, 1.54) is 19.3 Å². The highest BCUT2D eigenvalue weighted by atomic mass is 15.1. The van der Waals surface area contributed by atoms with Crippen molar-refractivity contribution in [3.05, 3.63) is 11.4 Å². The Morgan fingerprint density at radius 3 is 2.50 bits per heavy atom. The van der Waals surface area contributed by atoms with Crippen molar-refractivity contribution in [3.63, 3.8) is 0 Å². The third kappa shape index (κ3) is 2.74. The van der Waals surface area contributed by atoms with E-state index in [0.29, 0.717) is 0 Å². The van der Waals surface area contributed by atoms with E-state index < -0.39 is 0 Å². The van der Waals surface area contributed by atoms with Crippen LogP contribution < -0.4 is 10.6 Å². The zero-order valence-corrected chi connectivity index (χ0v) is 11.9. The molecule has 0 spiro atoms. The van der Waals surface area contributed by atoms with Gasteiger partial charge in [0.15, 0.2) is 0 Å². The van der Waals surface area contributed by atoms with E-state index >= 15 is 0 Å². The Morgan fingerprint density at radius 1 is 1.17 bits per heavy atom. The zero-order valence-electron chi connectivity index (χ0n) is 11.9. The quantitative estimate of drug-likeness (QED) is 0.860. The van der Waals surface area contributed by atoms with Gasteiger partial charge >= 0.3 is 0 Å². The molecular formula is C14H24N4. The lowest BCUT2D eigenvalue weighted by Gasteiger charge is -2.18. The number of rotatable bonds is 4. The fourth-order valence-corrected chi connectivity index (χ4v) is 2.80. The molecule has 2 rings (SSSR count). The molecule has 0 aliphatic heterocycles. The van der Waals surface area contributed by atoms with E-state index in [0.717, 1.165) is 41.4 Å². The molecule has 1 fully saturated rings. The Morgan fingerprint density at radius 2 is 1.89 bits per heavy atom. The standard InChI is InChI=1S/C14H24N4/c1-9-6-5-7-12(9)8-16-14-10(2)13(15-4)17-11(3)18-14/h9,12H,5-8H2,1-4H3,(H2,15,16,17,18). The second kappa shape index (κ2) is 5.55. The highest BCUT2D eigenvalue weighted by Gasteiger charge is 2.23. The van der Waals surface area contributed by atoms with Crippen LogP contribution in [0, 0.1) is 25.7 Å². The fourth-order valence-electron chi connectivity index (χ4n) is 2.80. The van der Waals surface area contributed by atoms with Crippen molar-refractivity contribution in [2.24, 2.45) is 11.8 Å². The number of aromatic nitrogens is 2.